The van der Waals surface area contributed by atoms with Crippen LogP contribution in [-0.2, 0) is 21.4 Å². The van der Waals surface area contributed by atoms with Crippen molar-refractivity contribution in [1.82, 2.24) is 19.8 Å². The number of rotatable bonds is 6. The summed E-state index contributed by atoms with van der Waals surface area (Å²) < 4.78 is 27.6. The van der Waals surface area contributed by atoms with Gasteiger partial charge in [0.15, 0.2) is 0 Å². The second-order valence-electron chi connectivity index (χ2n) is 6.76. The summed E-state index contributed by atoms with van der Waals surface area (Å²) in [5.74, 6) is -0.245. The number of hydrogen-bond donors (Lipinski definition) is 2. The number of carbonyl (C=O) groups excluding carboxylic acids is 2. The highest BCUT2D eigenvalue weighted by Gasteiger charge is 2.30. The molecule has 3 amide bonds. The minimum absolute atomic E-state index is 0.139. The molecule has 0 bridgehead atoms. The highest BCUT2D eigenvalue weighted by atomic mass is 79.9. The lowest BCUT2D eigenvalue weighted by Crippen LogP contribution is -2.53. The van der Waals surface area contributed by atoms with Crippen LogP contribution in [0.15, 0.2) is 64.0 Å². The van der Waals surface area contributed by atoms with Crippen molar-refractivity contribution in [3.8, 4) is 0 Å². The van der Waals surface area contributed by atoms with Gasteiger partial charge >= 0.3 is 6.03 Å². The molecule has 1 fully saturated rings. The molecule has 30 heavy (non-hydrogen) atoms. The lowest BCUT2D eigenvalue weighted by molar-refractivity contribution is -0.131. The van der Waals surface area contributed by atoms with Crippen LogP contribution in [0.3, 0.4) is 0 Å². The van der Waals surface area contributed by atoms with Gasteiger partial charge in [-0.15, -0.1) is 0 Å². The normalized spacial score (nSPS) is 14.9. The number of urea groups is 1. The van der Waals surface area contributed by atoms with Gasteiger partial charge in [0.05, 0.1) is 11.4 Å². The van der Waals surface area contributed by atoms with Crippen molar-refractivity contribution in [2.24, 2.45) is 0 Å². The van der Waals surface area contributed by atoms with Crippen LogP contribution in [0.4, 0.5) is 4.79 Å². The summed E-state index contributed by atoms with van der Waals surface area (Å²) in [6.45, 7) is 1.21. The van der Waals surface area contributed by atoms with E-state index in [1.165, 1.54) is 4.31 Å². The van der Waals surface area contributed by atoms with Crippen molar-refractivity contribution in [2.75, 3.05) is 32.7 Å². The van der Waals surface area contributed by atoms with Gasteiger partial charge < -0.3 is 15.5 Å². The number of sulfonamides is 1. The highest BCUT2D eigenvalue weighted by molar-refractivity contribution is 9.10. The number of halogens is 1. The first-order chi connectivity index (χ1) is 14.4. The predicted octanol–water partition coefficient (Wildman–Crippen LogP) is 1.78. The molecule has 0 saturated carbocycles. The lowest BCUT2D eigenvalue weighted by Gasteiger charge is -2.34. The fourth-order valence-corrected chi connectivity index (χ4v) is 4.73. The first kappa shape index (κ1) is 22.3. The van der Waals surface area contributed by atoms with Crippen LogP contribution in [0.1, 0.15) is 5.56 Å². The zero-order valence-electron chi connectivity index (χ0n) is 16.3. The Balaban J connectivity index is 1.43. The maximum Gasteiger partial charge on any atom is 0.315 e. The van der Waals surface area contributed by atoms with Gasteiger partial charge in [-0.25, -0.2) is 13.2 Å². The Morgan fingerprint density at radius 1 is 0.900 bits per heavy atom. The van der Waals surface area contributed by atoms with Crippen molar-refractivity contribution in [2.45, 2.75) is 11.4 Å². The van der Waals surface area contributed by atoms with Crippen molar-refractivity contribution in [3.63, 3.8) is 0 Å². The number of piperazine rings is 1. The van der Waals surface area contributed by atoms with E-state index in [1.54, 1.807) is 29.2 Å². The number of amides is 3. The van der Waals surface area contributed by atoms with E-state index in [-0.39, 0.29) is 43.5 Å². The number of benzene rings is 2. The van der Waals surface area contributed by atoms with Gasteiger partial charge in [-0.1, -0.05) is 46.3 Å². The van der Waals surface area contributed by atoms with Crippen LogP contribution < -0.4 is 10.6 Å². The van der Waals surface area contributed by atoms with E-state index in [0.29, 0.717) is 6.54 Å². The van der Waals surface area contributed by atoms with Gasteiger partial charge in [-0.3, -0.25) is 4.79 Å². The van der Waals surface area contributed by atoms with Gasteiger partial charge in [0, 0.05) is 37.2 Å². The molecule has 2 aromatic rings. The average Bonchev–Trinajstić information content (AvgIpc) is 2.77. The SMILES string of the molecule is O=C(NCC(=O)N1CCN(S(=O)(=O)c2ccc(Br)cc2)CC1)NCc1ccccc1. The van der Waals surface area contributed by atoms with Crippen LogP contribution in [0.2, 0.25) is 0 Å². The number of nitrogens with one attached hydrogen (secondary N) is 2. The van der Waals surface area contributed by atoms with Gasteiger partial charge in [0.25, 0.3) is 0 Å². The molecule has 0 aliphatic carbocycles. The maximum absolute atomic E-state index is 12.7. The molecule has 0 unspecified atom stereocenters. The van der Waals surface area contributed by atoms with E-state index in [2.05, 4.69) is 26.6 Å². The topological polar surface area (TPSA) is 98.8 Å². The number of carbonyl (C=O) groups is 2. The molecule has 2 aromatic carbocycles. The van der Waals surface area contributed by atoms with E-state index in [1.807, 2.05) is 30.3 Å². The lowest BCUT2D eigenvalue weighted by atomic mass is 10.2. The molecule has 8 nitrogen and oxygen atoms in total. The largest absolute Gasteiger partial charge is 0.339 e. The summed E-state index contributed by atoms with van der Waals surface area (Å²) in [6.07, 6.45) is 0. The highest BCUT2D eigenvalue weighted by Crippen LogP contribution is 2.20. The third-order valence-corrected chi connectivity index (χ3v) is 7.18. The summed E-state index contributed by atoms with van der Waals surface area (Å²) in [5, 5.41) is 5.24. The Hall–Kier alpha value is -2.43. The second-order valence-corrected chi connectivity index (χ2v) is 9.61. The monoisotopic (exact) mass is 494 g/mol. The summed E-state index contributed by atoms with van der Waals surface area (Å²) in [6, 6.07) is 15.5. The first-order valence-electron chi connectivity index (χ1n) is 9.45. The van der Waals surface area contributed by atoms with E-state index in [0.717, 1.165) is 10.0 Å². The van der Waals surface area contributed by atoms with Crippen LogP contribution in [0.25, 0.3) is 0 Å². The molecule has 0 atom stereocenters. The smallest absolute Gasteiger partial charge is 0.315 e. The molecule has 1 aliphatic rings. The van der Waals surface area contributed by atoms with Gasteiger partial charge in [0.2, 0.25) is 15.9 Å². The van der Waals surface area contributed by atoms with E-state index >= 15 is 0 Å². The summed E-state index contributed by atoms with van der Waals surface area (Å²) in [7, 11) is -3.59. The Morgan fingerprint density at radius 2 is 1.53 bits per heavy atom. The number of nitrogens with zero attached hydrogens (tertiary/aromatic N) is 2. The molecule has 1 aliphatic heterocycles. The summed E-state index contributed by atoms with van der Waals surface area (Å²) in [5.41, 5.74) is 0.960. The molecule has 10 heteroatoms. The number of hydrogen-bond acceptors (Lipinski definition) is 4. The third kappa shape index (κ3) is 5.80. The molecule has 3 rings (SSSR count). The average molecular weight is 495 g/mol. The van der Waals surface area contributed by atoms with Crippen molar-refractivity contribution < 1.29 is 18.0 Å². The minimum Gasteiger partial charge on any atom is -0.339 e. The molecule has 1 heterocycles. The van der Waals surface area contributed by atoms with E-state index in [9.17, 15) is 18.0 Å². The van der Waals surface area contributed by atoms with Crippen LogP contribution in [-0.4, -0.2) is 62.3 Å². The Labute approximate surface area is 184 Å². The minimum atomic E-state index is -3.59. The van der Waals surface area contributed by atoms with Crippen LogP contribution in [0.5, 0.6) is 0 Å². The van der Waals surface area contributed by atoms with E-state index < -0.39 is 16.1 Å². The third-order valence-electron chi connectivity index (χ3n) is 4.74. The molecule has 160 valence electrons. The zero-order valence-corrected chi connectivity index (χ0v) is 18.7. The van der Waals surface area contributed by atoms with Gasteiger partial charge in [-0.05, 0) is 29.8 Å². The van der Waals surface area contributed by atoms with Crippen LogP contribution in [0, 0.1) is 0 Å². The molecule has 1 saturated heterocycles. The summed E-state index contributed by atoms with van der Waals surface area (Å²) in [4.78, 5) is 26.0. The van der Waals surface area contributed by atoms with Gasteiger partial charge in [-0.2, -0.15) is 4.31 Å². The molecule has 0 aromatic heterocycles. The quantitative estimate of drug-likeness (QED) is 0.639. The molecular formula is C20H23BrN4O4S. The van der Waals surface area contributed by atoms with Crippen molar-refractivity contribution in [3.05, 3.63) is 64.6 Å². The maximum atomic E-state index is 12.7. The molecule has 2 N–H and O–H groups in total. The molecule has 0 radical (unpaired) electrons. The van der Waals surface area contributed by atoms with Gasteiger partial charge in [0.1, 0.15) is 0 Å². The van der Waals surface area contributed by atoms with Crippen molar-refractivity contribution in [1.29, 1.82) is 0 Å². The van der Waals surface area contributed by atoms with E-state index in [4.69, 9.17) is 0 Å². The summed E-state index contributed by atoms with van der Waals surface area (Å²) >= 11 is 3.29. The van der Waals surface area contributed by atoms with Crippen LogP contribution >= 0.6 is 15.9 Å². The fourth-order valence-electron chi connectivity index (χ4n) is 3.04. The standard InChI is InChI=1S/C20H23BrN4O4S/c21-17-6-8-18(9-7-17)30(28,29)25-12-10-24(11-13-25)19(26)15-23-20(27)22-14-16-4-2-1-3-5-16/h1-9H,10-15H2,(H2,22,23,27). The second kappa shape index (κ2) is 10.1. The Bertz CT molecular complexity index is 976. The van der Waals surface area contributed by atoms with Crippen molar-refractivity contribution >= 4 is 37.9 Å². The zero-order chi connectivity index (χ0) is 21.6. The molecule has 0 spiro atoms. The Morgan fingerprint density at radius 3 is 2.17 bits per heavy atom. The first-order valence-corrected chi connectivity index (χ1v) is 11.7. The Kier molecular flexibility index (Phi) is 7.46. The fraction of sp³-hybridized carbons (Fsp3) is 0.300. The predicted molar refractivity (Wildman–Crippen MR) is 116 cm³/mol. The molecular weight excluding hydrogens is 472 g/mol.